The van der Waals surface area contributed by atoms with Crippen LogP contribution < -0.4 is 0 Å². The number of carbonyl (C=O) groups is 1. The van der Waals surface area contributed by atoms with E-state index < -0.39 is 30.4 Å². The number of aliphatic hydroxyl groups excluding tert-OH is 3. The lowest BCUT2D eigenvalue weighted by atomic mass is 9.41. The zero-order valence-electron chi connectivity index (χ0n) is 29.2. The zero-order valence-corrected chi connectivity index (χ0v) is 29.2. The fourth-order valence-corrected chi connectivity index (χ4v) is 14.6. The topological polar surface area (TPSA) is 136 Å². The molecule has 5 aliphatic carbocycles. The summed E-state index contributed by atoms with van der Waals surface area (Å²) in [5.74, 6) is 0.642. The van der Waals surface area contributed by atoms with Crippen molar-refractivity contribution in [3.05, 3.63) is 0 Å². The Labute approximate surface area is 278 Å². The van der Waals surface area contributed by atoms with Crippen molar-refractivity contribution in [2.75, 3.05) is 13.2 Å². The Kier molecular flexibility index (Phi) is 6.50. The Morgan fingerprint density at radius 1 is 0.872 bits per heavy atom. The van der Waals surface area contributed by atoms with Gasteiger partial charge in [0, 0.05) is 18.8 Å². The van der Waals surface area contributed by atoms with Crippen molar-refractivity contribution >= 4 is 5.97 Å². The van der Waals surface area contributed by atoms with Crippen LogP contribution in [0.4, 0.5) is 0 Å². The summed E-state index contributed by atoms with van der Waals surface area (Å²) in [7, 11) is 0. The standard InChI is InChI=1S/C37H56O10/c1-18-12-37(30-33(6,47-30)17-43-37)46-21-13-32(5)23-9-8-22-31(3,4)24(45-29-28(41)27(40)20(39)15-42-29)10-11-35(22)16-36(23,35)14-25(44-19(2)38)34(32,7)26(18)21/h18,20-30,39-41H,8-17H2,1-7H3/t18-,20+,21+,22+,23+,24+,25-,26+,27+,28-,29-,30+,32+,33+,34-,35-,36+,37+/m1/s1. The third-order valence-electron chi connectivity index (χ3n) is 16.6. The molecule has 9 rings (SSSR count). The number of carbonyl (C=O) groups excluding carboxylic acids is 1. The van der Waals surface area contributed by atoms with Gasteiger partial charge in [-0.2, -0.15) is 0 Å². The van der Waals surface area contributed by atoms with Crippen molar-refractivity contribution in [1.29, 1.82) is 0 Å². The number of aliphatic hydroxyl groups is 3. The highest BCUT2D eigenvalue weighted by molar-refractivity contribution is 5.66. The Balaban J connectivity index is 1.03. The molecule has 0 aromatic carbocycles. The molecule has 264 valence electrons. The fourth-order valence-electron chi connectivity index (χ4n) is 14.6. The molecule has 0 aromatic rings. The first-order valence-electron chi connectivity index (χ1n) is 18.5. The maximum Gasteiger partial charge on any atom is 0.302 e. The molecule has 3 spiro atoms. The number of ether oxygens (including phenoxy) is 6. The number of hydrogen-bond donors (Lipinski definition) is 3. The maximum absolute atomic E-state index is 12.9. The lowest BCUT2D eigenvalue weighted by molar-refractivity contribution is -0.309. The molecule has 4 saturated heterocycles. The van der Waals surface area contributed by atoms with Gasteiger partial charge in [-0.3, -0.25) is 4.79 Å². The summed E-state index contributed by atoms with van der Waals surface area (Å²) in [6.07, 6.45) is 2.89. The highest BCUT2D eigenvalue weighted by Crippen LogP contribution is 2.89. The molecule has 0 amide bonds. The summed E-state index contributed by atoms with van der Waals surface area (Å²) < 4.78 is 38.4. The summed E-state index contributed by atoms with van der Waals surface area (Å²) in [5.41, 5.74) is -0.492. The SMILES string of the molecule is CC(=O)O[C@@H]1C[C@@]23C[C@@]24CC[C@H](O[C@H]2OC[C@H](O)[C@H](O)[C@H]2O)C(C)(C)[C@@H]4CC[C@H]3[C@]2(C)C[C@@H]3O[C@]4(C[C@@H](C)[C@@H]3[C@@]12C)OC[C@]1(C)O[C@H]41. The van der Waals surface area contributed by atoms with Gasteiger partial charge in [-0.15, -0.1) is 0 Å². The second-order valence-corrected chi connectivity index (χ2v) is 18.9. The van der Waals surface area contributed by atoms with E-state index in [1.165, 1.54) is 0 Å². The van der Waals surface area contributed by atoms with Crippen LogP contribution in [0.15, 0.2) is 0 Å². The van der Waals surface area contributed by atoms with Crippen LogP contribution in [-0.2, 0) is 33.2 Å². The van der Waals surface area contributed by atoms with Crippen LogP contribution in [0, 0.1) is 50.7 Å². The molecule has 0 aromatic heterocycles. The smallest absolute Gasteiger partial charge is 0.302 e. The first-order chi connectivity index (χ1) is 22.0. The fraction of sp³-hybridized carbons (Fsp3) is 0.973. The Hall–Kier alpha value is -0.850. The van der Waals surface area contributed by atoms with Crippen molar-refractivity contribution in [3.63, 3.8) is 0 Å². The van der Waals surface area contributed by atoms with E-state index in [0.29, 0.717) is 24.4 Å². The summed E-state index contributed by atoms with van der Waals surface area (Å²) in [6.45, 7) is 16.1. The normalized spacial score (nSPS) is 62.8. The van der Waals surface area contributed by atoms with E-state index in [4.69, 9.17) is 28.4 Å². The predicted octanol–water partition coefficient (Wildman–Crippen LogP) is 3.71. The minimum absolute atomic E-state index is 0.00697. The first kappa shape index (κ1) is 32.1. The molecule has 5 saturated carbocycles. The summed E-state index contributed by atoms with van der Waals surface area (Å²) in [6, 6.07) is 0. The highest BCUT2D eigenvalue weighted by atomic mass is 16.8. The van der Waals surface area contributed by atoms with Crippen LogP contribution in [0.25, 0.3) is 0 Å². The molecular weight excluding hydrogens is 604 g/mol. The van der Waals surface area contributed by atoms with Gasteiger partial charge in [-0.1, -0.05) is 34.6 Å². The monoisotopic (exact) mass is 660 g/mol. The van der Waals surface area contributed by atoms with Gasteiger partial charge in [0.15, 0.2) is 12.1 Å². The second-order valence-electron chi connectivity index (χ2n) is 18.9. The molecule has 10 heteroatoms. The Morgan fingerprint density at radius 3 is 2.30 bits per heavy atom. The van der Waals surface area contributed by atoms with Gasteiger partial charge in [0.1, 0.15) is 36.1 Å². The minimum atomic E-state index is -1.29. The van der Waals surface area contributed by atoms with E-state index in [9.17, 15) is 20.1 Å². The van der Waals surface area contributed by atoms with Gasteiger partial charge < -0.3 is 43.7 Å². The van der Waals surface area contributed by atoms with Gasteiger partial charge in [0.05, 0.1) is 25.4 Å². The molecule has 4 aliphatic heterocycles. The molecule has 9 fully saturated rings. The largest absolute Gasteiger partial charge is 0.462 e. The Bertz CT molecular complexity index is 1360. The van der Waals surface area contributed by atoms with Crippen LogP contribution in [0.2, 0.25) is 0 Å². The number of rotatable bonds is 3. The number of fused-ring (bicyclic) bond motifs is 6. The molecule has 10 nitrogen and oxygen atoms in total. The maximum atomic E-state index is 12.9. The third-order valence-corrected chi connectivity index (χ3v) is 16.6. The second kappa shape index (κ2) is 9.52. The molecule has 4 heterocycles. The minimum Gasteiger partial charge on any atom is -0.462 e. The summed E-state index contributed by atoms with van der Waals surface area (Å²) in [4.78, 5) is 12.9. The molecule has 3 N–H and O–H groups in total. The molecule has 9 aliphatic rings. The predicted molar refractivity (Wildman–Crippen MR) is 166 cm³/mol. The molecule has 0 radical (unpaired) electrons. The van der Waals surface area contributed by atoms with Crippen LogP contribution in [0.1, 0.15) is 99.8 Å². The summed E-state index contributed by atoms with van der Waals surface area (Å²) in [5, 5.41) is 31.0. The van der Waals surface area contributed by atoms with Gasteiger partial charge in [0.2, 0.25) is 0 Å². The molecule has 0 bridgehead atoms. The summed E-state index contributed by atoms with van der Waals surface area (Å²) >= 11 is 0. The molecule has 18 atom stereocenters. The first-order valence-corrected chi connectivity index (χ1v) is 18.5. The van der Waals surface area contributed by atoms with Crippen molar-refractivity contribution in [3.8, 4) is 0 Å². The van der Waals surface area contributed by atoms with Gasteiger partial charge in [-0.05, 0) is 97.2 Å². The number of hydrogen-bond acceptors (Lipinski definition) is 10. The van der Waals surface area contributed by atoms with Crippen molar-refractivity contribution in [2.24, 2.45) is 50.7 Å². The van der Waals surface area contributed by atoms with E-state index >= 15 is 0 Å². The quantitative estimate of drug-likeness (QED) is 0.234. The van der Waals surface area contributed by atoms with E-state index in [1.54, 1.807) is 6.92 Å². The lowest BCUT2D eigenvalue weighted by Gasteiger charge is -2.65. The number of esters is 1. The van der Waals surface area contributed by atoms with Crippen LogP contribution in [0.3, 0.4) is 0 Å². The van der Waals surface area contributed by atoms with E-state index in [0.717, 1.165) is 51.4 Å². The molecular formula is C37H56O10. The number of epoxide rings is 1. The van der Waals surface area contributed by atoms with E-state index in [-0.39, 0.29) is 75.6 Å². The third kappa shape index (κ3) is 3.78. The average Bonchev–Trinajstić information content (AvgIpc) is 3.81. The molecule has 0 unspecified atom stereocenters. The van der Waals surface area contributed by atoms with Crippen LogP contribution in [0.5, 0.6) is 0 Å². The average molecular weight is 661 g/mol. The zero-order chi connectivity index (χ0) is 33.3. The van der Waals surface area contributed by atoms with Crippen molar-refractivity contribution in [2.45, 2.75) is 160 Å². The molecule has 47 heavy (non-hydrogen) atoms. The lowest BCUT2D eigenvalue weighted by Crippen LogP contribution is -2.64. The van der Waals surface area contributed by atoms with Gasteiger partial charge >= 0.3 is 5.97 Å². The van der Waals surface area contributed by atoms with Crippen molar-refractivity contribution < 1.29 is 48.5 Å². The van der Waals surface area contributed by atoms with Crippen molar-refractivity contribution in [1.82, 2.24) is 0 Å². The van der Waals surface area contributed by atoms with E-state index in [2.05, 4.69) is 41.5 Å². The Morgan fingerprint density at radius 2 is 1.62 bits per heavy atom. The van der Waals surface area contributed by atoms with Gasteiger partial charge in [-0.25, -0.2) is 0 Å². The van der Waals surface area contributed by atoms with Crippen LogP contribution in [-0.4, -0.2) is 94.9 Å². The highest BCUT2D eigenvalue weighted by Gasteiger charge is 2.86. The van der Waals surface area contributed by atoms with Crippen LogP contribution >= 0.6 is 0 Å². The van der Waals surface area contributed by atoms with Gasteiger partial charge in [0.25, 0.3) is 0 Å². The van der Waals surface area contributed by atoms with E-state index in [1.807, 2.05) is 0 Å².